The lowest BCUT2D eigenvalue weighted by molar-refractivity contribution is 0.0564. The van der Waals surface area contributed by atoms with Gasteiger partial charge in [0.05, 0.1) is 33.9 Å². The van der Waals surface area contributed by atoms with E-state index >= 15 is 0 Å². The van der Waals surface area contributed by atoms with Gasteiger partial charge in [-0.25, -0.2) is 4.98 Å². The third-order valence-electron chi connectivity index (χ3n) is 6.44. The number of aryl methyl sites for hydroxylation is 1. The topological polar surface area (TPSA) is 67.2 Å². The maximum atomic E-state index is 13.6. The Morgan fingerprint density at radius 1 is 1.00 bits per heavy atom. The fourth-order valence-corrected chi connectivity index (χ4v) is 6.08. The second-order valence-electron chi connectivity index (χ2n) is 8.89. The van der Waals surface area contributed by atoms with Crippen LogP contribution < -0.4 is 4.90 Å². The van der Waals surface area contributed by atoms with E-state index in [4.69, 9.17) is 4.98 Å². The zero-order valence-corrected chi connectivity index (χ0v) is 18.7. The Labute approximate surface area is 190 Å². The van der Waals surface area contributed by atoms with Gasteiger partial charge in [-0.3, -0.25) is 4.79 Å². The Balaban J connectivity index is 1.23. The van der Waals surface area contributed by atoms with Crippen molar-refractivity contribution < 1.29 is 4.79 Å². The van der Waals surface area contributed by atoms with Crippen LogP contribution in [0.25, 0.3) is 15.9 Å². The van der Waals surface area contributed by atoms with Crippen LogP contribution in [0.2, 0.25) is 0 Å². The van der Waals surface area contributed by atoms with Gasteiger partial charge in [0.25, 0.3) is 5.91 Å². The minimum absolute atomic E-state index is 0.0698. The molecular formula is C24H24N6OS. The van der Waals surface area contributed by atoms with Crippen molar-refractivity contribution in [3.8, 4) is 5.69 Å². The smallest absolute Gasteiger partial charge is 0.256 e. The number of carbonyl (C=O) groups is 1. The van der Waals surface area contributed by atoms with Crippen molar-refractivity contribution in [3.63, 3.8) is 0 Å². The molecule has 0 saturated carbocycles. The van der Waals surface area contributed by atoms with Crippen LogP contribution in [0.3, 0.4) is 0 Å². The molecule has 162 valence electrons. The number of hydrogen-bond donors (Lipinski definition) is 0. The van der Waals surface area contributed by atoms with Crippen molar-refractivity contribution in [2.24, 2.45) is 11.8 Å². The van der Waals surface area contributed by atoms with Gasteiger partial charge in [-0.15, -0.1) is 0 Å². The highest BCUT2D eigenvalue weighted by atomic mass is 32.1. The summed E-state index contributed by atoms with van der Waals surface area (Å²) in [7, 11) is 0. The van der Waals surface area contributed by atoms with Crippen molar-refractivity contribution in [1.82, 2.24) is 24.9 Å². The molecule has 2 unspecified atom stereocenters. The van der Waals surface area contributed by atoms with E-state index in [1.54, 1.807) is 28.5 Å². The molecule has 0 aliphatic carbocycles. The van der Waals surface area contributed by atoms with Crippen LogP contribution in [0.1, 0.15) is 22.3 Å². The third-order valence-corrected chi connectivity index (χ3v) is 7.54. The predicted molar refractivity (Wildman–Crippen MR) is 125 cm³/mol. The fraction of sp³-hybridized carbons (Fsp3) is 0.333. The molecule has 7 nitrogen and oxygen atoms in total. The second-order valence-corrected chi connectivity index (χ2v) is 9.90. The van der Waals surface area contributed by atoms with E-state index in [1.807, 2.05) is 36.1 Å². The van der Waals surface area contributed by atoms with E-state index < -0.39 is 0 Å². The first-order valence-electron chi connectivity index (χ1n) is 11.0. The lowest BCUT2D eigenvalue weighted by Gasteiger charge is -2.45. The van der Waals surface area contributed by atoms with Gasteiger partial charge in [-0.05, 0) is 55.0 Å². The molecule has 2 aliphatic rings. The number of para-hydroxylation sites is 1. The maximum absolute atomic E-state index is 13.6. The van der Waals surface area contributed by atoms with E-state index in [0.29, 0.717) is 17.4 Å². The Kier molecular flexibility index (Phi) is 4.68. The van der Waals surface area contributed by atoms with Crippen molar-refractivity contribution in [3.05, 3.63) is 66.0 Å². The minimum atomic E-state index is 0.0698. The van der Waals surface area contributed by atoms with Crippen molar-refractivity contribution in [1.29, 1.82) is 0 Å². The number of nitrogens with zero attached hydrogens (tertiary/aromatic N) is 6. The molecule has 2 aliphatic heterocycles. The van der Waals surface area contributed by atoms with E-state index in [-0.39, 0.29) is 5.91 Å². The SMILES string of the molecule is Cc1ccc(C(=O)N2CC3CC(C2)CN(c2nc4ccccc4s2)C3)c(-n2nccn2)c1. The second kappa shape index (κ2) is 7.70. The molecule has 2 atom stereocenters. The van der Waals surface area contributed by atoms with Crippen LogP contribution >= 0.6 is 11.3 Å². The zero-order chi connectivity index (χ0) is 21.7. The van der Waals surface area contributed by atoms with Gasteiger partial charge in [0.2, 0.25) is 0 Å². The normalized spacial score (nSPS) is 20.7. The molecule has 2 fully saturated rings. The number of carbonyl (C=O) groups excluding carboxylic acids is 1. The Morgan fingerprint density at radius 3 is 2.50 bits per heavy atom. The number of amides is 1. The standard InChI is InChI=1S/C24H24N6OS/c1-16-6-7-19(21(10-16)30-25-8-9-26-30)23(31)28-12-17-11-18(13-28)15-29(14-17)24-27-20-4-2-3-5-22(20)32-24/h2-10,17-18H,11-15H2,1H3. The van der Waals surface area contributed by atoms with Crippen LogP contribution in [0.5, 0.6) is 0 Å². The van der Waals surface area contributed by atoms with Crippen molar-refractivity contribution in [2.45, 2.75) is 13.3 Å². The number of thiazole rings is 1. The number of anilines is 1. The summed E-state index contributed by atoms with van der Waals surface area (Å²) in [6.07, 6.45) is 4.45. The van der Waals surface area contributed by atoms with Crippen molar-refractivity contribution in [2.75, 3.05) is 31.1 Å². The molecule has 0 N–H and O–H groups in total. The fourth-order valence-electron chi connectivity index (χ4n) is 5.10. The molecule has 2 saturated heterocycles. The lowest BCUT2D eigenvalue weighted by atomic mass is 9.84. The molecule has 8 heteroatoms. The number of likely N-dealkylation sites (tertiary alicyclic amines) is 1. The molecule has 0 radical (unpaired) electrons. The van der Waals surface area contributed by atoms with Crippen LogP contribution in [0.15, 0.2) is 54.9 Å². The van der Waals surface area contributed by atoms with E-state index in [1.165, 1.54) is 11.1 Å². The summed E-state index contributed by atoms with van der Waals surface area (Å²) in [5.74, 6) is 0.978. The van der Waals surface area contributed by atoms with Gasteiger partial charge < -0.3 is 9.80 Å². The largest absolute Gasteiger partial charge is 0.347 e. The summed E-state index contributed by atoms with van der Waals surface area (Å²) in [5.41, 5.74) is 3.55. The number of fused-ring (bicyclic) bond motifs is 3. The molecule has 2 aromatic heterocycles. The molecule has 4 aromatic rings. The lowest BCUT2D eigenvalue weighted by Crippen LogP contribution is -2.54. The number of hydrogen-bond acceptors (Lipinski definition) is 6. The van der Waals surface area contributed by atoms with Gasteiger partial charge in [-0.2, -0.15) is 15.0 Å². The monoisotopic (exact) mass is 444 g/mol. The van der Waals surface area contributed by atoms with Gasteiger partial charge in [-0.1, -0.05) is 29.5 Å². The van der Waals surface area contributed by atoms with Gasteiger partial charge in [0, 0.05) is 26.2 Å². The first-order valence-corrected chi connectivity index (χ1v) is 11.8. The van der Waals surface area contributed by atoms with Crippen LogP contribution in [0, 0.1) is 18.8 Å². The summed E-state index contributed by atoms with van der Waals surface area (Å²) in [6.45, 7) is 5.46. The highest BCUT2D eigenvalue weighted by Gasteiger charge is 2.37. The number of benzene rings is 2. The minimum Gasteiger partial charge on any atom is -0.347 e. The van der Waals surface area contributed by atoms with Crippen LogP contribution in [-0.4, -0.2) is 57.0 Å². The molecule has 6 rings (SSSR count). The van der Waals surface area contributed by atoms with Crippen LogP contribution in [-0.2, 0) is 0 Å². The Hall–Kier alpha value is -3.26. The quantitative estimate of drug-likeness (QED) is 0.481. The summed E-state index contributed by atoms with van der Waals surface area (Å²) in [4.78, 5) is 24.4. The van der Waals surface area contributed by atoms with Crippen LogP contribution in [0.4, 0.5) is 5.13 Å². The number of rotatable bonds is 3. The zero-order valence-electron chi connectivity index (χ0n) is 17.9. The Bertz CT molecular complexity index is 1240. The summed E-state index contributed by atoms with van der Waals surface area (Å²) in [6, 6.07) is 14.2. The molecule has 2 aromatic carbocycles. The van der Waals surface area contributed by atoms with Crippen molar-refractivity contribution >= 4 is 32.6 Å². The van der Waals surface area contributed by atoms with E-state index in [0.717, 1.165) is 48.1 Å². The molecule has 4 heterocycles. The third kappa shape index (κ3) is 3.44. The maximum Gasteiger partial charge on any atom is 0.256 e. The highest BCUT2D eigenvalue weighted by Crippen LogP contribution is 2.36. The summed E-state index contributed by atoms with van der Waals surface area (Å²) < 4.78 is 1.23. The Morgan fingerprint density at radius 2 is 1.75 bits per heavy atom. The van der Waals surface area contributed by atoms with E-state index in [2.05, 4.69) is 33.3 Å². The average Bonchev–Trinajstić information content (AvgIpc) is 3.48. The first kappa shape index (κ1) is 19.4. The summed E-state index contributed by atoms with van der Waals surface area (Å²) >= 11 is 1.77. The highest BCUT2D eigenvalue weighted by molar-refractivity contribution is 7.22. The van der Waals surface area contributed by atoms with Gasteiger partial charge >= 0.3 is 0 Å². The van der Waals surface area contributed by atoms with Gasteiger partial charge in [0.1, 0.15) is 0 Å². The average molecular weight is 445 g/mol. The molecule has 1 amide bonds. The molecule has 0 spiro atoms. The summed E-state index contributed by atoms with van der Waals surface area (Å²) in [5, 5.41) is 9.62. The number of piperidine rings is 2. The molecular weight excluding hydrogens is 420 g/mol. The molecule has 32 heavy (non-hydrogen) atoms. The first-order chi connectivity index (χ1) is 15.6. The van der Waals surface area contributed by atoms with Gasteiger partial charge in [0.15, 0.2) is 5.13 Å². The number of aromatic nitrogens is 4. The van der Waals surface area contributed by atoms with E-state index in [9.17, 15) is 4.79 Å². The molecule has 2 bridgehead atoms. The predicted octanol–water partition coefficient (Wildman–Crippen LogP) is 3.78.